The molecule has 2 rings (SSSR count). The molecule has 1 aromatic carbocycles. The first-order valence-corrected chi connectivity index (χ1v) is 6.58. The van der Waals surface area contributed by atoms with Crippen molar-refractivity contribution in [3.63, 3.8) is 0 Å². The minimum atomic E-state index is -0.196. The van der Waals surface area contributed by atoms with Gasteiger partial charge in [-0.05, 0) is 38.5 Å². The van der Waals surface area contributed by atoms with Gasteiger partial charge in [0.2, 0.25) is 0 Å². The zero-order valence-electron chi connectivity index (χ0n) is 11.6. The van der Waals surface area contributed by atoms with E-state index in [-0.39, 0.29) is 11.9 Å². The molecule has 1 aromatic heterocycles. The van der Waals surface area contributed by atoms with Gasteiger partial charge in [0.1, 0.15) is 5.82 Å². The number of hydrogen-bond acceptors (Lipinski definition) is 2. The van der Waals surface area contributed by atoms with Crippen LogP contribution in [0, 0.1) is 5.82 Å². The van der Waals surface area contributed by atoms with E-state index in [2.05, 4.69) is 24.3 Å². The number of hydrogen-bond donors (Lipinski definition) is 1. The third kappa shape index (κ3) is 3.64. The number of nitrogens with zero attached hydrogens (tertiary/aromatic N) is 2. The van der Waals surface area contributed by atoms with Crippen LogP contribution in [0.15, 0.2) is 36.7 Å². The van der Waals surface area contributed by atoms with Crippen molar-refractivity contribution >= 4 is 0 Å². The molecule has 0 aliphatic heterocycles. The second-order valence-electron chi connectivity index (χ2n) is 5.08. The van der Waals surface area contributed by atoms with Crippen LogP contribution in [0.3, 0.4) is 0 Å². The molecule has 102 valence electrons. The van der Waals surface area contributed by atoms with E-state index in [1.165, 1.54) is 6.07 Å². The van der Waals surface area contributed by atoms with Gasteiger partial charge in [0, 0.05) is 30.4 Å². The average molecular weight is 261 g/mol. The molecule has 0 bridgehead atoms. The van der Waals surface area contributed by atoms with Crippen LogP contribution in [0.5, 0.6) is 0 Å². The molecular weight excluding hydrogens is 241 g/mol. The third-order valence-corrected chi connectivity index (χ3v) is 3.15. The summed E-state index contributed by atoms with van der Waals surface area (Å²) in [6.45, 7) is 6.95. The first kappa shape index (κ1) is 13.7. The fourth-order valence-corrected chi connectivity index (χ4v) is 1.92. The van der Waals surface area contributed by atoms with Crippen LogP contribution in [-0.4, -0.2) is 9.78 Å². The summed E-state index contributed by atoms with van der Waals surface area (Å²) in [6.07, 6.45) is 3.90. The zero-order valence-corrected chi connectivity index (χ0v) is 11.6. The fourth-order valence-electron chi connectivity index (χ4n) is 1.92. The number of nitrogens with one attached hydrogen (secondary N) is 1. The topological polar surface area (TPSA) is 29.9 Å². The molecule has 0 radical (unpaired) electrons. The molecule has 0 aliphatic rings. The van der Waals surface area contributed by atoms with Gasteiger partial charge in [0.05, 0.1) is 6.20 Å². The number of halogens is 1. The molecule has 2 aromatic rings. The highest BCUT2D eigenvalue weighted by molar-refractivity contribution is 5.19. The van der Waals surface area contributed by atoms with Gasteiger partial charge in [-0.3, -0.25) is 4.68 Å². The van der Waals surface area contributed by atoms with Gasteiger partial charge in [0.15, 0.2) is 0 Å². The average Bonchev–Trinajstić information content (AvgIpc) is 2.85. The van der Waals surface area contributed by atoms with Gasteiger partial charge in [-0.25, -0.2) is 4.39 Å². The molecule has 0 spiro atoms. The predicted octanol–water partition coefficient (Wildman–Crippen LogP) is 3.45. The summed E-state index contributed by atoms with van der Waals surface area (Å²) in [7, 11) is 0. The monoisotopic (exact) mass is 261 g/mol. The Kier molecular flexibility index (Phi) is 4.32. The van der Waals surface area contributed by atoms with Crippen molar-refractivity contribution in [3.05, 3.63) is 53.6 Å². The van der Waals surface area contributed by atoms with E-state index >= 15 is 0 Å². The Morgan fingerprint density at radius 1 is 1.32 bits per heavy atom. The lowest BCUT2D eigenvalue weighted by atomic mass is 10.1. The van der Waals surface area contributed by atoms with Gasteiger partial charge < -0.3 is 5.32 Å². The van der Waals surface area contributed by atoms with Crippen LogP contribution < -0.4 is 5.32 Å². The molecule has 0 fully saturated rings. The van der Waals surface area contributed by atoms with Crippen molar-refractivity contribution in [1.82, 2.24) is 15.1 Å². The highest BCUT2D eigenvalue weighted by atomic mass is 19.1. The Hall–Kier alpha value is -1.68. The van der Waals surface area contributed by atoms with Crippen LogP contribution in [0.1, 0.15) is 44.0 Å². The maximum atomic E-state index is 13.1. The Labute approximate surface area is 113 Å². The van der Waals surface area contributed by atoms with Crippen molar-refractivity contribution in [2.24, 2.45) is 0 Å². The first-order chi connectivity index (χ1) is 9.06. The van der Waals surface area contributed by atoms with Gasteiger partial charge in [-0.2, -0.15) is 5.10 Å². The van der Waals surface area contributed by atoms with Crippen LogP contribution in [0.2, 0.25) is 0 Å². The molecule has 1 N–H and O–H groups in total. The summed E-state index contributed by atoms with van der Waals surface area (Å²) in [5.41, 5.74) is 2.09. The van der Waals surface area contributed by atoms with E-state index in [1.807, 2.05) is 30.1 Å². The van der Waals surface area contributed by atoms with Crippen molar-refractivity contribution in [2.45, 2.75) is 39.4 Å². The number of benzene rings is 1. The molecule has 3 nitrogen and oxygen atoms in total. The minimum absolute atomic E-state index is 0.109. The van der Waals surface area contributed by atoms with E-state index < -0.39 is 0 Å². The molecule has 0 amide bonds. The fraction of sp³-hybridized carbons (Fsp3) is 0.400. The molecule has 0 saturated heterocycles. The molecule has 0 aliphatic carbocycles. The maximum Gasteiger partial charge on any atom is 0.123 e. The van der Waals surface area contributed by atoms with E-state index in [0.29, 0.717) is 6.04 Å². The molecule has 0 saturated carbocycles. The normalized spacial score (nSPS) is 12.9. The van der Waals surface area contributed by atoms with E-state index in [1.54, 1.807) is 12.1 Å². The molecule has 1 heterocycles. The maximum absolute atomic E-state index is 13.1. The minimum Gasteiger partial charge on any atom is -0.306 e. The quantitative estimate of drug-likeness (QED) is 0.893. The zero-order chi connectivity index (χ0) is 13.8. The second kappa shape index (κ2) is 5.97. The SMILES string of the molecule is CC(C)n1cc(CN[C@H](C)c2cccc(F)c2)cn1. The number of rotatable bonds is 5. The lowest BCUT2D eigenvalue weighted by Crippen LogP contribution is -2.17. The molecule has 0 unspecified atom stereocenters. The van der Waals surface area contributed by atoms with Gasteiger partial charge >= 0.3 is 0 Å². The van der Waals surface area contributed by atoms with Gasteiger partial charge in [-0.15, -0.1) is 0 Å². The highest BCUT2D eigenvalue weighted by Crippen LogP contribution is 2.14. The highest BCUT2D eigenvalue weighted by Gasteiger charge is 2.07. The Morgan fingerprint density at radius 3 is 2.74 bits per heavy atom. The van der Waals surface area contributed by atoms with Gasteiger partial charge in [0.25, 0.3) is 0 Å². The summed E-state index contributed by atoms with van der Waals surface area (Å²) in [5.74, 6) is -0.196. The Bertz CT molecular complexity index is 534. The smallest absolute Gasteiger partial charge is 0.123 e. The Balaban J connectivity index is 1.94. The largest absolute Gasteiger partial charge is 0.306 e. The number of aromatic nitrogens is 2. The summed E-state index contributed by atoms with van der Waals surface area (Å²) in [6, 6.07) is 7.17. The van der Waals surface area contributed by atoms with E-state index in [0.717, 1.165) is 17.7 Å². The predicted molar refractivity (Wildman–Crippen MR) is 74.3 cm³/mol. The van der Waals surface area contributed by atoms with Crippen LogP contribution in [-0.2, 0) is 6.54 Å². The van der Waals surface area contributed by atoms with E-state index in [9.17, 15) is 4.39 Å². The van der Waals surface area contributed by atoms with Gasteiger partial charge in [-0.1, -0.05) is 12.1 Å². The molecule has 19 heavy (non-hydrogen) atoms. The summed E-state index contributed by atoms with van der Waals surface area (Å²) >= 11 is 0. The summed E-state index contributed by atoms with van der Waals surface area (Å²) in [4.78, 5) is 0. The van der Waals surface area contributed by atoms with Crippen LogP contribution in [0.4, 0.5) is 4.39 Å². The van der Waals surface area contributed by atoms with Crippen LogP contribution in [0.25, 0.3) is 0 Å². The lowest BCUT2D eigenvalue weighted by molar-refractivity contribution is 0.530. The molecule has 4 heteroatoms. The first-order valence-electron chi connectivity index (χ1n) is 6.58. The summed E-state index contributed by atoms with van der Waals surface area (Å²) in [5, 5.41) is 7.67. The molecule has 1 atom stereocenters. The van der Waals surface area contributed by atoms with Crippen LogP contribution >= 0.6 is 0 Å². The molecular formula is C15H20FN3. The Morgan fingerprint density at radius 2 is 2.11 bits per heavy atom. The lowest BCUT2D eigenvalue weighted by Gasteiger charge is -2.13. The van der Waals surface area contributed by atoms with Crippen molar-refractivity contribution < 1.29 is 4.39 Å². The standard InChI is InChI=1S/C15H20FN3/c1-11(2)19-10-13(9-18-19)8-17-12(3)14-5-4-6-15(16)7-14/h4-7,9-12,17H,8H2,1-3H3/t12-/m1/s1. The second-order valence-corrected chi connectivity index (χ2v) is 5.08. The van der Waals surface area contributed by atoms with Crippen molar-refractivity contribution in [3.8, 4) is 0 Å². The van der Waals surface area contributed by atoms with E-state index in [4.69, 9.17) is 0 Å². The summed E-state index contributed by atoms with van der Waals surface area (Å²) < 4.78 is 15.1. The third-order valence-electron chi connectivity index (χ3n) is 3.15. The van der Waals surface area contributed by atoms with Crippen molar-refractivity contribution in [2.75, 3.05) is 0 Å². The van der Waals surface area contributed by atoms with Crippen molar-refractivity contribution in [1.29, 1.82) is 0 Å².